The molecule has 5 N–H and O–H groups in total. The van der Waals surface area contributed by atoms with Crippen LogP contribution in [0.25, 0.3) is 5.57 Å². The lowest BCUT2D eigenvalue weighted by Crippen LogP contribution is -2.34. The fourth-order valence-electron chi connectivity index (χ4n) is 4.87. The zero-order valence-corrected chi connectivity index (χ0v) is 28.3. The third-order valence-electron chi connectivity index (χ3n) is 7.42. The molecule has 0 aromatic heterocycles. The van der Waals surface area contributed by atoms with E-state index < -0.39 is 11.9 Å². The Morgan fingerprint density at radius 3 is 2.35 bits per heavy atom. The van der Waals surface area contributed by atoms with Gasteiger partial charge in [-0.1, -0.05) is 54.4 Å². The number of hydrogen-bond acceptors (Lipinski definition) is 6. The molecule has 0 saturated heterocycles. The summed E-state index contributed by atoms with van der Waals surface area (Å²) in [5, 5.41) is 9.02. The minimum atomic E-state index is -0.445. The molecule has 0 spiro atoms. The monoisotopic (exact) mass is 653 g/mol. The molecule has 2 unspecified atom stereocenters. The molecule has 46 heavy (non-hydrogen) atoms. The molecule has 2 rings (SSSR count). The van der Waals surface area contributed by atoms with Gasteiger partial charge in [0, 0.05) is 31.3 Å². The van der Waals surface area contributed by atoms with Gasteiger partial charge in [0.05, 0.1) is 23.5 Å². The van der Waals surface area contributed by atoms with E-state index >= 15 is 0 Å². The van der Waals surface area contributed by atoms with Gasteiger partial charge in [-0.3, -0.25) is 24.2 Å². The second-order valence-corrected chi connectivity index (χ2v) is 11.9. The molecule has 2 aromatic rings. The molecule has 2 aromatic carbocycles. The lowest BCUT2D eigenvalue weighted by atomic mass is 9.98. The first kappa shape index (κ1) is 38.0. The number of benzene rings is 2. The van der Waals surface area contributed by atoms with Gasteiger partial charge in [-0.05, 0) is 81.7 Å². The first-order chi connectivity index (χ1) is 21.9. The van der Waals surface area contributed by atoms with Crippen LogP contribution in [0, 0.1) is 0 Å². The number of allylic oxidation sites excluding steroid dienone is 2. The van der Waals surface area contributed by atoms with Gasteiger partial charge in [0.1, 0.15) is 12.4 Å². The van der Waals surface area contributed by atoms with E-state index in [4.69, 9.17) is 22.1 Å². The van der Waals surface area contributed by atoms with E-state index in [0.29, 0.717) is 30.1 Å². The number of primary amides is 1. The fourth-order valence-corrected chi connectivity index (χ4v) is 5.15. The molecule has 0 saturated carbocycles. The second-order valence-electron chi connectivity index (χ2n) is 11.5. The Morgan fingerprint density at radius 1 is 1.00 bits per heavy atom. The third kappa shape index (κ3) is 13.9. The largest absolute Gasteiger partial charge is 0.490 e. The predicted octanol–water partition coefficient (Wildman–Crippen LogP) is 5.43. The Bertz CT molecular complexity index is 1390. The van der Waals surface area contributed by atoms with Crippen LogP contribution in [0.15, 0.2) is 53.2 Å². The van der Waals surface area contributed by atoms with Gasteiger partial charge in [-0.15, -0.1) is 0 Å². The number of nitrogens with zero attached hydrogens (tertiary/aromatic N) is 1. The molecule has 0 bridgehead atoms. The maximum Gasteiger partial charge on any atom is 0.222 e. The highest BCUT2D eigenvalue weighted by Crippen LogP contribution is 2.29. The Hall–Kier alpha value is -4.18. The SMILES string of the molecule is CC(=O)NC(CC(=O)NCCCCCc1cccc(OCC(CCC(N)=O)NC=O)c1Cl)c1ccc(/C(C)=C(\C)N=C(C)C)cc1. The molecule has 0 aliphatic carbocycles. The quantitative estimate of drug-likeness (QED) is 0.0854. The number of carbonyl (C=O) groups excluding carboxylic acids is 4. The van der Waals surface area contributed by atoms with Crippen molar-refractivity contribution in [2.45, 2.75) is 91.6 Å². The van der Waals surface area contributed by atoms with Crippen molar-refractivity contribution in [3.05, 3.63) is 69.9 Å². The van der Waals surface area contributed by atoms with Crippen molar-refractivity contribution in [1.29, 1.82) is 0 Å². The van der Waals surface area contributed by atoms with E-state index in [0.717, 1.165) is 59.4 Å². The standard InChI is InChI=1S/C35H48ClN5O5/c1-23(2)40-25(4)24(3)27-13-15-28(16-14-27)31(41-26(5)43)20-34(45)38-19-8-6-7-10-29-11-9-12-32(35(29)36)46-21-30(39-22-42)17-18-33(37)44/h9,11-16,22,30-31H,6-8,10,17-21H2,1-5H3,(H2,37,44)(H,38,45)(H,39,42)(H,41,43)/b25-24+. The molecular weight excluding hydrogens is 606 g/mol. The average Bonchev–Trinajstić information content (AvgIpc) is 3.00. The van der Waals surface area contributed by atoms with Crippen LogP contribution >= 0.6 is 11.6 Å². The summed E-state index contributed by atoms with van der Waals surface area (Å²) in [6.45, 7) is 10.1. The van der Waals surface area contributed by atoms with Crippen LogP contribution in [0.5, 0.6) is 5.75 Å². The van der Waals surface area contributed by atoms with Crippen LogP contribution in [0.3, 0.4) is 0 Å². The maximum absolute atomic E-state index is 12.8. The van der Waals surface area contributed by atoms with Crippen molar-refractivity contribution in [1.82, 2.24) is 16.0 Å². The Morgan fingerprint density at radius 2 is 1.72 bits per heavy atom. The summed E-state index contributed by atoms with van der Waals surface area (Å²) < 4.78 is 5.84. The first-order valence-electron chi connectivity index (χ1n) is 15.6. The Kier molecular flexibility index (Phi) is 16.6. The molecule has 0 aliphatic rings. The number of hydrogen-bond donors (Lipinski definition) is 4. The molecule has 2 atom stereocenters. The van der Waals surface area contributed by atoms with Crippen LogP contribution in [0.2, 0.25) is 5.02 Å². The van der Waals surface area contributed by atoms with Crippen LogP contribution < -0.4 is 26.4 Å². The van der Waals surface area contributed by atoms with E-state index in [1.54, 1.807) is 6.07 Å². The summed E-state index contributed by atoms with van der Waals surface area (Å²) in [5.41, 5.74) is 11.1. The summed E-state index contributed by atoms with van der Waals surface area (Å²) in [7, 11) is 0. The van der Waals surface area contributed by atoms with E-state index in [-0.39, 0.29) is 37.3 Å². The second kappa shape index (κ2) is 20.0. The normalized spacial score (nSPS) is 12.7. The van der Waals surface area contributed by atoms with Crippen LogP contribution in [-0.4, -0.2) is 49.0 Å². The summed E-state index contributed by atoms with van der Waals surface area (Å²) in [6.07, 6.45) is 4.50. The van der Waals surface area contributed by atoms with Gasteiger partial charge in [0.15, 0.2) is 0 Å². The maximum atomic E-state index is 12.8. The minimum absolute atomic E-state index is 0.131. The molecular formula is C35H48ClN5O5. The topological polar surface area (TPSA) is 152 Å². The van der Waals surface area contributed by atoms with Crippen molar-refractivity contribution in [2.75, 3.05) is 13.2 Å². The summed E-state index contributed by atoms with van der Waals surface area (Å²) in [6, 6.07) is 12.6. The lowest BCUT2D eigenvalue weighted by Gasteiger charge is -2.19. The number of unbranched alkanes of at least 4 members (excludes halogenated alkanes) is 2. The van der Waals surface area contributed by atoms with Crippen molar-refractivity contribution in [2.24, 2.45) is 10.7 Å². The van der Waals surface area contributed by atoms with Gasteiger partial charge in [0.2, 0.25) is 24.1 Å². The van der Waals surface area contributed by atoms with E-state index in [1.807, 2.05) is 64.1 Å². The van der Waals surface area contributed by atoms with E-state index in [2.05, 4.69) is 20.9 Å². The van der Waals surface area contributed by atoms with Gasteiger partial charge in [0.25, 0.3) is 0 Å². The number of rotatable bonds is 20. The van der Waals surface area contributed by atoms with Gasteiger partial charge >= 0.3 is 0 Å². The van der Waals surface area contributed by atoms with Crippen molar-refractivity contribution < 1.29 is 23.9 Å². The number of aryl methyl sites for hydroxylation is 1. The smallest absolute Gasteiger partial charge is 0.222 e. The average molecular weight is 654 g/mol. The van der Waals surface area contributed by atoms with Crippen LogP contribution in [0.1, 0.15) is 95.9 Å². The van der Waals surface area contributed by atoms with E-state index in [1.165, 1.54) is 6.92 Å². The van der Waals surface area contributed by atoms with Crippen LogP contribution in [0.4, 0.5) is 0 Å². The lowest BCUT2D eigenvalue weighted by molar-refractivity contribution is -0.123. The first-order valence-corrected chi connectivity index (χ1v) is 16.0. The number of nitrogens with one attached hydrogen (secondary N) is 3. The Balaban J connectivity index is 1.84. The summed E-state index contributed by atoms with van der Waals surface area (Å²) in [4.78, 5) is 51.2. The van der Waals surface area contributed by atoms with Crippen molar-refractivity contribution in [3.8, 4) is 5.75 Å². The zero-order valence-electron chi connectivity index (χ0n) is 27.6. The number of nitrogens with two attached hydrogens (primary N) is 1. The third-order valence-corrected chi connectivity index (χ3v) is 7.85. The molecule has 250 valence electrons. The van der Waals surface area contributed by atoms with E-state index in [9.17, 15) is 19.2 Å². The van der Waals surface area contributed by atoms with Crippen molar-refractivity contribution in [3.63, 3.8) is 0 Å². The molecule has 0 fully saturated rings. The molecule has 0 aliphatic heterocycles. The summed E-state index contributed by atoms with van der Waals surface area (Å²) in [5.74, 6) is -0.266. The Labute approximate surface area is 277 Å². The number of halogens is 1. The van der Waals surface area contributed by atoms with Gasteiger partial charge in [-0.25, -0.2) is 0 Å². The van der Waals surface area contributed by atoms with Gasteiger partial charge < -0.3 is 26.4 Å². The highest BCUT2D eigenvalue weighted by molar-refractivity contribution is 6.32. The van der Waals surface area contributed by atoms with Crippen molar-refractivity contribution >= 4 is 47.0 Å². The summed E-state index contributed by atoms with van der Waals surface area (Å²) >= 11 is 6.59. The molecule has 4 amide bonds. The highest BCUT2D eigenvalue weighted by Gasteiger charge is 2.18. The number of aliphatic imine (C=N–C) groups is 1. The predicted molar refractivity (Wildman–Crippen MR) is 184 cm³/mol. The zero-order chi connectivity index (χ0) is 34.1. The number of ether oxygens (including phenoxy) is 1. The molecule has 11 heteroatoms. The van der Waals surface area contributed by atoms with Crippen LogP contribution in [-0.2, 0) is 25.6 Å². The minimum Gasteiger partial charge on any atom is -0.490 e. The molecule has 0 radical (unpaired) electrons. The number of carbonyl (C=O) groups is 4. The molecule has 10 nitrogen and oxygen atoms in total. The highest BCUT2D eigenvalue weighted by atomic mass is 35.5. The number of amides is 4. The van der Waals surface area contributed by atoms with Gasteiger partial charge in [-0.2, -0.15) is 0 Å². The molecule has 0 heterocycles. The fraction of sp³-hybridized carbons (Fsp3) is 0.457.